The van der Waals surface area contributed by atoms with Crippen molar-refractivity contribution >= 4 is 0 Å². The van der Waals surface area contributed by atoms with Gasteiger partial charge in [-0.2, -0.15) is 26.3 Å². The van der Waals surface area contributed by atoms with E-state index >= 15 is 26.3 Å². The molecular weight excluding hydrogens is 715 g/mol. The molecule has 0 fully saturated rings. The van der Waals surface area contributed by atoms with Gasteiger partial charge in [-0.25, -0.2) is 0 Å². The molecule has 0 amide bonds. The van der Waals surface area contributed by atoms with Crippen LogP contribution in [0.2, 0.25) is 0 Å². The van der Waals surface area contributed by atoms with Gasteiger partial charge < -0.3 is 0 Å². The summed E-state index contributed by atoms with van der Waals surface area (Å²) in [4.78, 5) is 0. The molecule has 0 atom stereocenters. The maximum atomic E-state index is 15.4. The Balaban J connectivity index is 1.26. The van der Waals surface area contributed by atoms with Crippen molar-refractivity contribution in [3.8, 4) is 56.9 Å². The number of alkyl halides is 6. The van der Waals surface area contributed by atoms with Crippen LogP contribution in [-0.4, -0.2) is 41.9 Å². The Hall–Kier alpha value is -6.82. The molecule has 0 saturated heterocycles. The Morgan fingerprint density at radius 3 is 0.764 bits per heavy atom. The van der Waals surface area contributed by atoms with Gasteiger partial charge >= 0.3 is 12.4 Å². The van der Waals surface area contributed by atoms with Crippen LogP contribution in [0.15, 0.2) is 170 Å². The van der Waals surface area contributed by atoms with Crippen LogP contribution < -0.4 is 0 Å². The van der Waals surface area contributed by atoms with E-state index in [1.165, 1.54) is 24.3 Å². The maximum Gasteiger partial charge on any atom is 0.411 e. The van der Waals surface area contributed by atoms with Gasteiger partial charge in [-0.05, 0) is 35.4 Å². The lowest BCUT2D eigenvalue weighted by atomic mass is 9.73. The summed E-state index contributed by atoms with van der Waals surface area (Å²) in [5, 5.41) is 17.4. The van der Waals surface area contributed by atoms with E-state index in [1.54, 1.807) is 106 Å². The molecule has 55 heavy (non-hydrogen) atoms. The highest BCUT2D eigenvalue weighted by Crippen LogP contribution is 2.56. The van der Waals surface area contributed by atoms with Crippen LogP contribution in [0.25, 0.3) is 56.9 Å². The van der Waals surface area contributed by atoms with Crippen LogP contribution in [0.1, 0.15) is 11.1 Å². The third kappa shape index (κ3) is 6.15. The molecule has 12 heteroatoms. The zero-order valence-electron chi connectivity index (χ0n) is 28.6. The lowest BCUT2D eigenvalue weighted by molar-refractivity contribution is -0.288. The zero-order valence-corrected chi connectivity index (χ0v) is 28.6. The SMILES string of the molecule is FC(F)(F)C(c1ccc(-n2c(-c3ccccc3)nnc2-c2ccccc2)cc1)(c1ccc(-n2c(-c3ccccc3)nnc2-c2ccccc2)cc1)C(F)(F)F. The van der Waals surface area contributed by atoms with Crippen molar-refractivity contribution in [3.63, 3.8) is 0 Å². The van der Waals surface area contributed by atoms with Gasteiger partial charge in [0.1, 0.15) is 0 Å². The molecule has 0 unspecified atom stereocenters. The van der Waals surface area contributed by atoms with E-state index < -0.39 is 28.9 Å². The van der Waals surface area contributed by atoms with Crippen molar-refractivity contribution in [1.29, 1.82) is 0 Å². The predicted molar refractivity (Wildman–Crippen MR) is 197 cm³/mol. The van der Waals surface area contributed by atoms with E-state index in [0.717, 1.165) is 24.3 Å². The average Bonchev–Trinajstić information content (AvgIpc) is 3.85. The second-order valence-electron chi connectivity index (χ2n) is 12.7. The van der Waals surface area contributed by atoms with Gasteiger partial charge in [0.25, 0.3) is 0 Å². The van der Waals surface area contributed by atoms with Crippen LogP contribution in [0.4, 0.5) is 26.3 Å². The van der Waals surface area contributed by atoms with Crippen LogP contribution in [0.5, 0.6) is 0 Å². The summed E-state index contributed by atoms with van der Waals surface area (Å²) < 4.78 is 95.4. The summed E-state index contributed by atoms with van der Waals surface area (Å²) in [5.74, 6) is 1.44. The fourth-order valence-corrected chi connectivity index (χ4v) is 6.86. The molecule has 0 spiro atoms. The van der Waals surface area contributed by atoms with E-state index in [1.807, 2.05) is 24.3 Å². The molecular formula is C43H28F6N6. The summed E-state index contributed by atoms with van der Waals surface area (Å²) in [6.45, 7) is 0. The molecule has 0 aliphatic heterocycles. The molecule has 6 nitrogen and oxygen atoms in total. The topological polar surface area (TPSA) is 61.4 Å². The first-order valence-electron chi connectivity index (χ1n) is 17.1. The van der Waals surface area contributed by atoms with Gasteiger partial charge in [-0.3, -0.25) is 9.13 Å². The monoisotopic (exact) mass is 742 g/mol. The fraction of sp³-hybridized carbons (Fsp3) is 0.0698. The smallest absolute Gasteiger partial charge is 0.275 e. The lowest BCUT2D eigenvalue weighted by Gasteiger charge is -2.38. The highest BCUT2D eigenvalue weighted by Gasteiger charge is 2.72. The van der Waals surface area contributed by atoms with E-state index in [2.05, 4.69) is 20.4 Å². The predicted octanol–water partition coefficient (Wildman–Crippen LogP) is 10.9. The summed E-state index contributed by atoms with van der Waals surface area (Å²) in [5.41, 5.74) is -3.23. The molecule has 8 rings (SSSR count). The van der Waals surface area contributed by atoms with Gasteiger partial charge in [0.05, 0.1) is 0 Å². The Labute approximate surface area is 311 Å². The highest BCUT2D eigenvalue weighted by atomic mass is 19.4. The van der Waals surface area contributed by atoms with Gasteiger partial charge in [0.15, 0.2) is 23.3 Å². The van der Waals surface area contributed by atoms with E-state index in [-0.39, 0.29) is 11.4 Å². The lowest BCUT2D eigenvalue weighted by Crippen LogP contribution is -2.54. The molecule has 0 bridgehead atoms. The molecule has 0 radical (unpaired) electrons. The third-order valence-corrected chi connectivity index (χ3v) is 9.42. The van der Waals surface area contributed by atoms with Crippen LogP contribution in [0.3, 0.4) is 0 Å². The normalized spacial score (nSPS) is 12.2. The number of nitrogens with zero attached hydrogens (tertiary/aromatic N) is 6. The van der Waals surface area contributed by atoms with E-state index in [4.69, 9.17) is 0 Å². The number of hydrogen-bond donors (Lipinski definition) is 0. The second-order valence-corrected chi connectivity index (χ2v) is 12.7. The molecule has 0 saturated carbocycles. The van der Waals surface area contributed by atoms with Crippen molar-refractivity contribution in [3.05, 3.63) is 181 Å². The average molecular weight is 743 g/mol. The van der Waals surface area contributed by atoms with Crippen LogP contribution >= 0.6 is 0 Å². The third-order valence-electron chi connectivity index (χ3n) is 9.42. The zero-order chi connectivity index (χ0) is 38.2. The van der Waals surface area contributed by atoms with Crippen molar-refractivity contribution < 1.29 is 26.3 Å². The molecule has 2 heterocycles. The van der Waals surface area contributed by atoms with Crippen molar-refractivity contribution in [1.82, 2.24) is 29.5 Å². The van der Waals surface area contributed by atoms with Crippen molar-refractivity contribution in [2.45, 2.75) is 17.8 Å². The minimum atomic E-state index is -5.80. The molecule has 0 aliphatic rings. The van der Waals surface area contributed by atoms with Crippen LogP contribution in [0, 0.1) is 0 Å². The molecule has 0 N–H and O–H groups in total. The summed E-state index contributed by atoms with van der Waals surface area (Å²) in [6.07, 6.45) is -11.6. The van der Waals surface area contributed by atoms with E-state index in [9.17, 15) is 0 Å². The first kappa shape index (κ1) is 35.2. The van der Waals surface area contributed by atoms with Crippen molar-refractivity contribution in [2.75, 3.05) is 0 Å². The summed E-state index contributed by atoms with van der Waals surface area (Å²) in [6, 6.07) is 44.3. The second kappa shape index (κ2) is 13.9. The largest absolute Gasteiger partial charge is 0.411 e. The first-order valence-corrected chi connectivity index (χ1v) is 17.1. The summed E-state index contributed by atoms with van der Waals surface area (Å²) in [7, 11) is 0. The van der Waals surface area contributed by atoms with Crippen LogP contribution in [-0.2, 0) is 5.41 Å². The number of benzene rings is 6. The Kier molecular flexibility index (Phi) is 8.88. The minimum Gasteiger partial charge on any atom is -0.275 e. The molecule has 2 aromatic heterocycles. The van der Waals surface area contributed by atoms with Gasteiger partial charge in [-0.15, -0.1) is 20.4 Å². The Morgan fingerprint density at radius 1 is 0.309 bits per heavy atom. The quantitative estimate of drug-likeness (QED) is 0.145. The Bertz CT molecular complexity index is 2240. The van der Waals surface area contributed by atoms with E-state index in [0.29, 0.717) is 45.6 Å². The molecule has 0 aliphatic carbocycles. The minimum absolute atomic E-state index is 0.273. The molecule has 6 aromatic carbocycles. The standard InChI is InChI=1S/C43H28F6N6/c44-42(45,46)41(43(47,48)49,33-21-25-35(26-22-33)54-37(29-13-5-1-6-14-29)50-51-38(54)30-15-7-2-8-16-30)34-23-27-36(28-24-34)55-39(31-17-9-3-10-18-31)52-53-40(55)32-19-11-4-12-20-32/h1-28H. The van der Waals surface area contributed by atoms with Gasteiger partial charge in [0, 0.05) is 33.6 Å². The Morgan fingerprint density at radius 2 is 0.545 bits per heavy atom. The maximum absolute atomic E-state index is 15.4. The fourth-order valence-electron chi connectivity index (χ4n) is 6.86. The number of halogens is 6. The number of rotatable bonds is 8. The number of hydrogen-bond acceptors (Lipinski definition) is 4. The summed E-state index contributed by atoms with van der Waals surface area (Å²) >= 11 is 0. The van der Waals surface area contributed by atoms with Crippen molar-refractivity contribution in [2.24, 2.45) is 0 Å². The molecule has 8 aromatic rings. The highest BCUT2D eigenvalue weighted by molar-refractivity contribution is 5.68. The number of aromatic nitrogens is 6. The first-order chi connectivity index (χ1) is 26.6. The van der Waals surface area contributed by atoms with Gasteiger partial charge in [0.2, 0.25) is 5.41 Å². The van der Waals surface area contributed by atoms with Gasteiger partial charge in [-0.1, -0.05) is 146 Å². The molecule has 272 valence electrons.